The van der Waals surface area contributed by atoms with Gasteiger partial charge in [-0.25, -0.2) is 4.79 Å². The number of esters is 2. The number of Topliss-reactive ketones (excluding diaryl/α,β-unsaturated/α-hetero) is 2. The maximum absolute atomic E-state index is 12.0. The smallest absolute Gasteiger partial charge is 0.334 e. The molecule has 0 N–H and O–H groups in total. The van der Waals surface area contributed by atoms with E-state index in [9.17, 15) is 19.2 Å². The van der Waals surface area contributed by atoms with Crippen LogP contribution in [0.5, 0.6) is 0 Å². The van der Waals surface area contributed by atoms with E-state index >= 15 is 0 Å². The molecular formula is C31H54O6. The normalized spacial score (nSPS) is 10.8. The second-order valence-corrected chi connectivity index (χ2v) is 10.3. The van der Waals surface area contributed by atoms with Gasteiger partial charge in [0.2, 0.25) is 0 Å². The van der Waals surface area contributed by atoms with Gasteiger partial charge in [0.25, 0.3) is 0 Å². The third-order valence-corrected chi connectivity index (χ3v) is 6.52. The van der Waals surface area contributed by atoms with Crippen LogP contribution in [0.3, 0.4) is 0 Å². The summed E-state index contributed by atoms with van der Waals surface area (Å²) >= 11 is 0. The second kappa shape index (κ2) is 25.7. The molecular weight excluding hydrogens is 468 g/mol. The van der Waals surface area contributed by atoms with Gasteiger partial charge in [-0.3, -0.25) is 14.4 Å². The Balaban J connectivity index is 3.73. The SMILES string of the molecule is C=C(CC(=O)OCC(=O)CCCCCCCCCCC)C(=O)OCC(=O)CCCCCCCCCCC. The number of ether oxygens (including phenoxy) is 2. The van der Waals surface area contributed by atoms with Gasteiger partial charge in [0.05, 0.1) is 6.42 Å². The lowest BCUT2D eigenvalue weighted by molar-refractivity contribution is -0.149. The van der Waals surface area contributed by atoms with Crippen LogP contribution in [0.1, 0.15) is 149 Å². The van der Waals surface area contributed by atoms with Gasteiger partial charge in [0.1, 0.15) is 13.2 Å². The van der Waals surface area contributed by atoms with Gasteiger partial charge in [-0.2, -0.15) is 0 Å². The number of carbonyl (C=O) groups is 4. The molecule has 0 fully saturated rings. The lowest BCUT2D eigenvalue weighted by atomic mass is 10.1. The van der Waals surface area contributed by atoms with Crippen LogP contribution in [0.15, 0.2) is 12.2 Å². The van der Waals surface area contributed by atoms with Crippen LogP contribution < -0.4 is 0 Å². The van der Waals surface area contributed by atoms with Crippen LogP contribution in [0.2, 0.25) is 0 Å². The van der Waals surface area contributed by atoms with Gasteiger partial charge in [-0.05, 0) is 12.8 Å². The second-order valence-electron chi connectivity index (χ2n) is 10.3. The molecule has 0 saturated heterocycles. The van der Waals surface area contributed by atoms with E-state index in [1.165, 1.54) is 77.0 Å². The Bertz CT molecular complexity index is 640. The average molecular weight is 523 g/mol. The summed E-state index contributed by atoms with van der Waals surface area (Å²) in [6.45, 7) is 7.39. The molecule has 0 spiro atoms. The number of ketones is 2. The predicted octanol–water partition coefficient (Wildman–Crippen LogP) is 8.00. The van der Waals surface area contributed by atoms with Crippen molar-refractivity contribution in [2.45, 2.75) is 149 Å². The number of carbonyl (C=O) groups excluding carboxylic acids is 4. The van der Waals surface area contributed by atoms with E-state index in [0.717, 1.165) is 38.5 Å². The zero-order valence-electron chi connectivity index (χ0n) is 23.9. The lowest BCUT2D eigenvalue weighted by Crippen LogP contribution is -2.19. The van der Waals surface area contributed by atoms with Crippen molar-refractivity contribution in [2.75, 3.05) is 13.2 Å². The highest BCUT2D eigenvalue weighted by molar-refractivity contribution is 5.95. The molecule has 0 unspecified atom stereocenters. The van der Waals surface area contributed by atoms with E-state index in [-0.39, 0.29) is 36.8 Å². The van der Waals surface area contributed by atoms with Gasteiger partial charge in [0, 0.05) is 18.4 Å². The van der Waals surface area contributed by atoms with Gasteiger partial charge in [-0.15, -0.1) is 0 Å². The molecule has 0 aromatic heterocycles. The van der Waals surface area contributed by atoms with Crippen LogP contribution in [-0.4, -0.2) is 36.7 Å². The molecule has 0 aromatic rings. The van der Waals surface area contributed by atoms with Crippen molar-refractivity contribution in [3.8, 4) is 0 Å². The minimum atomic E-state index is -0.779. The summed E-state index contributed by atoms with van der Waals surface area (Å²) < 4.78 is 9.95. The zero-order chi connectivity index (χ0) is 27.6. The molecule has 0 radical (unpaired) electrons. The third kappa shape index (κ3) is 24.1. The van der Waals surface area contributed by atoms with Crippen molar-refractivity contribution in [1.29, 1.82) is 0 Å². The average Bonchev–Trinajstić information content (AvgIpc) is 2.88. The first-order chi connectivity index (χ1) is 17.9. The summed E-state index contributed by atoms with van der Waals surface area (Å²) in [5, 5.41) is 0. The maximum Gasteiger partial charge on any atom is 0.334 e. The van der Waals surface area contributed by atoms with E-state index in [1.54, 1.807) is 0 Å². The van der Waals surface area contributed by atoms with Crippen molar-refractivity contribution in [3.05, 3.63) is 12.2 Å². The Morgan fingerprint density at radius 2 is 0.865 bits per heavy atom. The standard InChI is InChI=1S/C31H54O6/c1-4-6-8-10-12-14-16-18-20-22-28(32)25-36-30(34)24-27(3)31(35)37-26-29(33)23-21-19-17-15-13-11-9-7-5-2/h3-26H2,1-2H3. The summed E-state index contributed by atoms with van der Waals surface area (Å²) in [7, 11) is 0. The number of rotatable bonds is 27. The molecule has 6 nitrogen and oxygen atoms in total. The number of unbranched alkanes of at least 4 members (excludes halogenated alkanes) is 16. The highest BCUT2D eigenvalue weighted by Gasteiger charge is 2.16. The molecule has 0 atom stereocenters. The predicted molar refractivity (Wildman–Crippen MR) is 149 cm³/mol. The van der Waals surface area contributed by atoms with Gasteiger partial charge in [-0.1, -0.05) is 123 Å². The summed E-state index contributed by atoms with van der Waals surface area (Å²) in [5.41, 5.74) is -0.0766. The summed E-state index contributed by atoms with van der Waals surface area (Å²) in [6, 6.07) is 0. The van der Waals surface area contributed by atoms with E-state index in [1.807, 2.05) is 0 Å². The molecule has 0 aliphatic carbocycles. The topological polar surface area (TPSA) is 86.7 Å². The summed E-state index contributed by atoms with van der Waals surface area (Å²) in [5.74, 6) is -1.72. The Kier molecular flexibility index (Phi) is 24.3. The Hall–Kier alpha value is -1.98. The fourth-order valence-corrected chi connectivity index (χ4v) is 4.12. The molecule has 0 saturated carbocycles. The van der Waals surface area contributed by atoms with E-state index < -0.39 is 11.9 Å². The fourth-order valence-electron chi connectivity index (χ4n) is 4.12. The van der Waals surface area contributed by atoms with Gasteiger partial charge in [0.15, 0.2) is 11.6 Å². The summed E-state index contributed by atoms with van der Waals surface area (Å²) in [4.78, 5) is 47.8. The Morgan fingerprint density at radius 3 is 1.27 bits per heavy atom. The van der Waals surface area contributed by atoms with Gasteiger partial charge >= 0.3 is 11.9 Å². The molecule has 0 amide bonds. The highest BCUT2D eigenvalue weighted by atomic mass is 16.5. The van der Waals surface area contributed by atoms with Crippen LogP contribution in [0.4, 0.5) is 0 Å². The molecule has 0 aliphatic rings. The third-order valence-electron chi connectivity index (χ3n) is 6.52. The minimum Gasteiger partial charge on any atom is -0.457 e. The highest BCUT2D eigenvalue weighted by Crippen LogP contribution is 2.12. The van der Waals surface area contributed by atoms with E-state index in [4.69, 9.17) is 9.47 Å². The Morgan fingerprint density at radius 1 is 0.514 bits per heavy atom. The lowest BCUT2D eigenvalue weighted by Gasteiger charge is -2.08. The molecule has 0 bridgehead atoms. The zero-order valence-corrected chi connectivity index (χ0v) is 23.9. The Labute approximate surface area is 226 Å². The van der Waals surface area contributed by atoms with Gasteiger partial charge < -0.3 is 9.47 Å². The first-order valence-electron chi connectivity index (χ1n) is 14.9. The van der Waals surface area contributed by atoms with E-state index in [0.29, 0.717) is 12.8 Å². The molecule has 214 valence electrons. The van der Waals surface area contributed by atoms with Crippen molar-refractivity contribution in [3.63, 3.8) is 0 Å². The van der Waals surface area contributed by atoms with Crippen LogP contribution >= 0.6 is 0 Å². The van der Waals surface area contributed by atoms with E-state index in [2.05, 4.69) is 20.4 Å². The maximum atomic E-state index is 12.0. The molecule has 0 rings (SSSR count). The molecule has 37 heavy (non-hydrogen) atoms. The fraction of sp³-hybridized carbons (Fsp3) is 0.806. The molecule has 0 aromatic carbocycles. The molecule has 0 heterocycles. The quantitative estimate of drug-likeness (QED) is 0.0617. The molecule has 0 aliphatic heterocycles. The van der Waals surface area contributed by atoms with Crippen LogP contribution in [-0.2, 0) is 28.7 Å². The van der Waals surface area contributed by atoms with Crippen molar-refractivity contribution in [1.82, 2.24) is 0 Å². The summed E-state index contributed by atoms with van der Waals surface area (Å²) in [6.07, 6.45) is 21.5. The minimum absolute atomic E-state index is 0.0766. The van der Waals surface area contributed by atoms with Crippen molar-refractivity contribution < 1.29 is 28.7 Å². The van der Waals surface area contributed by atoms with Crippen molar-refractivity contribution in [2.24, 2.45) is 0 Å². The largest absolute Gasteiger partial charge is 0.457 e. The monoisotopic (exact) mass is 522 g/mol. The number of hydrogen-bond acceptors (Lipinski definition) is 6. The number of hydrogen-bond donors (Lipinski definition) is 0. The first kappa shape index (κ1) is 35.0. The molecule has 6 heteroatoms. The first-order valence-corrected chi connectivity index (χ1v) is 14.9. The van der Waals surface area contributed by atoms with Crippen molar-refractivity contribution >= 4 is 23.5 Å². The van der Waals surface area contributed by atoms with Crippen LogP contribution in [0, 0.1) is 0 Å². The van der Waals surface area contributed by atoms with Crippen LogP contribution in [0.25, 0.3) is 0 Å².